The number of rotatable bonds is 2. The van der Waals surface area contributed by atoms with Crippen molar-refractivity contribution in [3.8, 4) is 0 Å². The molecule has 1 saturated heterocycles. The molecule has 0 spiro atoms. The Bertz CT molecular complexity index is 149. The lowest BCUT2D eigenvalue weighted by atomic mass is 10.1. The average Bonchev–Trinajstić information content (AvgIpc) is 1.85. The lowest BCUT2D eigenvalue weighted by Gasteiger charge is -2.31. The Morgan fingerprint density at radius 2 is 2.36 bits per heavy atom. The van der Waals surface area contributed by atoms with Crippen molar-refractivity contribution in [3.05, 3.63) is 0 Å². The van der Waals surface area contributed by atoms with Gasteiger partial charge in [-0.2, -0.15) is 0 Å². The second kappa shape index (κ2) is 3.88. The molecule has 2 unspecified atom stereocenters. The van der Waals surface area contributed by atoms with Crippen molar-refractivity contribution in [2.75, 3.05) is 6.54 Å². The Balaban J connectivity index is 2.36. The fourth-order valence-electron chi connectivity index (χ4n) is 1.28. The number of hydrogen-bond acceptors (Lipinski definition) is 2. The highest BCUT2D eigenvalue weighted by Gasteiger charge is 2.18. The van der Waals surface area contributed by atoms with Crippen molar-refractivity contribution in [1.82, 2.24) is 16.0 Å². The van der Waals surface area contributed by atoms with Gasteiger partial charge in [-0.05, 0) is 25.7 Å². The minimum atomic E-state index is 0.351. The van der Waals surface area contributed by atoms with E-state index in [0.29, 0.717) is 12.2 Å². The largest absolute Gasteiger partial charge is 0.360 e. The third kappa shape index (κ3) is 2.63. The molecular formula is C7H15N3S. The molecule has 0 radical (unpaired) electrons. The van der Waals surface area contributed by atoms with Crippen LogP contribution >= 0.6 is 12.2 Å². The van der Waals surface area contributed by atoms with Crippen molar-refractivity contribution in [1.29, 1.82) is 0 Å². The molecule has 1 aliphatic rings. The van der Waals surface area contributed by atoms with E-state index < -0.39 is 0 Å². The van der Waals surface area contributed by atoms with E-state index in [1.165, 1.54) is 0 Å². The lowest BCUT2D eigenvalue weighted by Crippen LogP contribution is -2.58. The molecule has 64 valence electrons. The first-order valence-corrected chi connectivity index (χ1v) is 4.43. The zero-order valence-corrected chi connectivity index (χ0v) is 7.79. The van der Waals surface area contributed by atoms with Crippen LogP contribution in [-0.4, -0.2) is 23.9 Å². The van der Waals surface area contributed by atoms with Gasteiger partial charge >= 0.3 is 0 Å². The Morgan fingerprint density at radius 3 is 2.91 bits per heavy atom. The molecule has 1 aliphatic heterocycles. The smallest absolute Gasteiger partial charge is 0.167 e. The fourth-order valence-corrected chi connectivity index (χ4v) is 1.62. The summed E-state index contributed by atoms with van der Waals surface area (Å²) in [5, 5.41) is 10.4. The summed E-state index contributed by atoms with van der Waals surface area (Å²) in [5.41, 5.74) is 0. The molecule has 0 aromatic carbocycles. The molecule has 0 aromatic rings. The Labute approximate surface area is 72.9 Å². The second-order valence-electron chi connectivity index (χ2n) is 2.86. The van der Waals surface area contributed by atoms with Gasteiger partial charge in [0.1, 0.15) is 0 Å². The topological polar surface area (TPSA) is 36.1 Å². The predicted octanol–water partition coefficient (Wildman–Crippen LogP) is 0.178. The molecule has 0 saturated carbocycles. The molecule has 0 aromatic heterocycles. The molecule has 0 amide bonds. The molecule has 1 heterocycles. The van der Waals surface area contributed by atoms with E-state index in [4.69, 9.17) is 12.2 Å². The van der Waals surface area contributed by atoms with Gasteiger partial charge in [0, 0.05) is 12.5 Å². The van der Waals surface area contributed by atoms with Crippen LogP contribution in [0, 0.1) is 0 Å². The first-order chi connectivity index (χ1) is 5.22. The summed E-state index contributed by atoms with van der Waals surface area (Å²) in [6.07, 6.45) is 1.43. The third-order valence-electron chi connectivity index (χ3n) is 1.72. The third-order valence-corrected chi connectivity index (χ3v) is 1.96. The van der Waals surface area contributed by atoms with Crippen molar-refractivity contribution >= 4 is 17.3 Å². The van der Waals surface area contributed by atoms with Gasteiger partial charge < -0.3 is 10.6 Å². The Kier molecular flexibility index (Phi) is 3.08. The Hall–Kier alpha value is -0.350. The van der Waals surface area contributed by atoms with Crippen LogP contribution in [0.4, 0.5) is 0 Å². The van der Waals surface area contributed by atoms with Gasteiger partial charge in [0.2, 0.25) is 0 Å². The van der Waals surface area contributed by atoms with E-state index in [1.54, 1.807) is 0 Å². The number of hydrogen-bond donors (Lipinski definition) is 3. The summed E-state index contributed by atoms with van der Waals surface area (Å²) in [5.74, 6) is 0. The molecule has 3 nitrogen and oxygen atoms in total. The molecule has 4 heteroatoms. The minimum Gasteiger partial charge on any atom is -0.360 e. The van der Waals surface area contributed by atoms with Crippen LogP contribution in [0.3, 0.4) is 0 Å². The highest BCUT2D eigenvalue weighted by molar-refractivity contribution is 7.80. The molecule has 11 heavy (non-hydrogen) atoms. The van der Waals surface area contributed by atoms with Crippen LogP contribution in [0.25, 0.3) is 0 Å². The summed E-state index contributed by atoms with van der Waals surface area (Å²) < 4.78 is 0. The highest BCUT2D eigenvalue weighted by Crippen LogP contribution is 2.00. The second-order valence-corrected chi connectivity index (χ2v) is 3.27. The van der Waals surface area contributed by atoms with E-state index in [-0.39, 0.29) is 0 Å². The zero-order valence-electron chi connectivity index (χ0n) is 6.98. The summed E-state index contributed by atoms with van der Waals surface area (Å²) in [6.45, 7) is 5.21. The van der Waals surface area contributed by atoms with Crippen LogP contribution in [0.1, 0.15) is 20.3 Å². The van der Waals surface area contributed by atoms with E-state index in [2.05, 4.69) is 29.8 Å². The molecule has 2 atom stereocenters. The summed E-state index contributed by atoms with van der Waals surface area (Å²) in [7, 11) is 0. The highest BCUT2D eigenvalue weighted by atomic mass is 32.1. The number of thiocarbonyl (C=S) groups is 1. The van der Waals surface area contributed by atoms with Crippen LogP contribution in [0.2, 0.25) is 0 Å². The summed E-state index contributed by atoms with van der Waals surface area (Å²) in [6, 6.07) is 0.479. The van der Waals surface area contributed by atoms with Gasteiger partial charge in [-0.25, -0.2) is 0 Å². The first-order valence-electron chi connectivity index (χ1n) is 4.02. The normalized spacial score (nSPS) is 30.9. The summed E-state index contributed by atoms with van der Waals surface area (Å²) >= 11 is 5.01. The SMILES string of the molecule is CCNC1CC(C)NC(=S)N1. The van der Waals surface area contributed by atoms with Gasteiger partial charge in [-0.1, -0.05) is 6.92 Å². The predicted molar refractivity (Wildman–Crippen MR) is 50.4 cm³/mol. The van der Waals surface area contributed by atoms with Crippen molar-refractivity contribution in [2.45, 2.75) is 32.5 Å². The van der Waals surface area contributed by atoms with Crippen LogP contribution in [0.15, 0.2) is 0 Å². The van der Waals surface area contributed by atoms with Gasteiger partial charge in [0.05, 0.1) is 6.17 Å². The lowest BCUT2D eigenvalue weighted by molar-refractivity contribution is 0.388. The molecule has 3 N–H and O–H groups in total. The van der Waals surface area contributed by atoms with Crippen molar-refractivity contribution in [3.63, 3.8) is 0 Å². The number of nitrogens with one attached hydrogen (secondary N) is 3. The Morgan fingerprint density at radius 1 is 1.64 bits per heavy atom. The standard InChI is InChI=1S/C7H15N3S/c1-3-8-6-4-5(2)9-7(11)10-6/h5-6,8H,3-4H2,1-2H3,(H2,9,10,11). The monoisotopic (exact) mass is 173 g/mol. The van der Waals surface area contributed by atoms with Gasteiger partial charge in [-0.15, -0.1) is 0 Å². The van der Waals surface area contributed by atoms with Crippen molar-refractivity contribution < 1.29 is 0 Å². The van der Waals surface area contributed by atoms with E-state index in [1.807, 2.05) is 0 Å². The van der Waals surface area contributed by atoms with Crippen LogP contribution in [0.5, 0.6) is 0 Å². The molecule has 1 rings (SSSR count). The van der Waals surface area contributed by atoms with Gasteiger partial charge in [-0.3, -0.25) is 5.32 Å². The maximum absolute atomic E-state index is 5.01. The first kappa shape index (κ1) is 8.74. The molecule has 1 fully saturated rings. The fraction of sp³-hybridized carbons (Fsp3) is 0.857. The van der Waals surface area contributed by atoms with E-state index in [0.717, 1.165) is 18.1 Å². The maximum atomic E-state index is 5.01. The van der Waals surface area contributed by atoms with Crippen LogP contribution < -0.4 is 16.0 Å². The quantitative estimate of drug-likeness (QED) is 0.521. The van der Waals surface area contributed by atoms with Gasteiger partial charge in [0.25, 0.3) is 0 Å². The molecule has 0 aliphatic carbocycles. The van der Waals surface area contributed by atoms with E-state index >= 15 is 0 Å². The maximum Gasteiger partial charge on any atom is 0.167 e. The van der Waals surface area contributed by atoms with Crippen molar-refractivity contribution in [2.24, 2.45) is 0 Å². The van der Waals surface area contributed by atoms with Gasteiger partial charge in [0.15, 0.2) is 5.11 Å². The molecular weight excluding hydrogens is 158 g/mol. The average molecular weight is 173 g/mol. The summed E-state index contributed by atoms with van der Waals surface area (Å²) in [4.78, 5) is 0. The zero-order chi connectivity index (χ0) is 8.27. The molecule has 0 bridgehead atoms. The van der Waals surface area contributed by atoms with Crippen LogP contribution in [-0.2, 0) is 0 Å². The minimum absolute atomic E-state index is 0.351. The van der Waals surface area contributed by atoms with E-state index in [9.17, 15) is 0 Å².